The van der Waals surface area contributed by atoms with Crippen molar-refractivity contribution in [1.82, 2.24) is 14.8 Å². The van der Waals surface area contributed by atoms with Gasteiger partial charge in [0.25, 0.3) is 0 Å². The predicted octanol–water partition coefficient (Wildman–Crippen LogP) is 1.62. The van der Waals surface area contributed by atoms with Gasteiger partial charge in [0, 0.05) is 45.5 Å². The van der Waals surface area contributed by atoms with E-state index in [-0.39, 0.29) is 6.03 Å². The Labute approximate surface area is 120 Å². The molecule has 0 aromatic carbocycles. The second-order valence-corrected chi connectivity index (χ2v) is 5.32. The van der Waals surface area contributed by atoms with Crippen LogP contribution >= 0.6 is 0 Å². The van der Waals surface area contributed by atoms with Crippen molar-refractivity contribution < 1.29 is 4.79 Å². The summed E-state index contributed by atoms with van der Waals surface area (Å²) in [5.41, 5.74) is 0. The lowest BCUT2D eigenvalue weighted by Gasteiger charge is -2.38. The number of piperazine rings is 1. The minimum atomic E-state index is 0.196. The minimum absolute atomic E-state index is 0.196. The van der Waals surface area contributed by atoms with Crippen molar-refractivity contribution in [1.29, 1.82) is 0 Å². The zero-order valence-electron chi connectivity index (χ0n) is 11.7. The maximum Gasteiger partial charge on any atom is 0.320 e. The molecule has 2 saturated heterocycles. The molecule has 0 N–H and O–H groups in total. The molecule has 5 heteroatoms. The number of amides is 2. The first-order valence-corrected chi connectivity index (χ1v) is 7.36. The molecule has 1 radical (unpaired) electrons. The Bertz CT molecular complexity index is 436. The van der Waals surface area contributed by atoms with Crippen LogP contribution in [0.5, 0.6) is 0 Å². The summed E-state index contributed by atoms with van der Waals surface area (Å²) in [6, 6.07) is 6.15. The molecule has 3 heterocycles. The number of anilines is 1. The van der Waals surface area contributed by atoms with E-state index < -0.39 is 0 Å². The number of piperidine rings is 1. The first-order chi connectivity index (χ1) is 9.84. The van der Waals surface area contributed by atoms with Gasteiger partial charge in [0.2, 0.25) is 0 Å². The zero-order valence-corrected chi connectivity index (χ0v) is 11.7. The van der Waals surface area contributed by atoms with Crippen molar-refractivity contribution >= 4 is 11.8 Å². The van der Waals surface area contributed by atoms with E-state index >= 15 is 0 Å². The molecule has 2 amide bonds. The van der Waals surface area contributed by atoms with E-state index in [0.29, 0.717) is 0 Å². The lowest BCUT2D eigenvalue weighted by atomic mass is 10.1. The third-order valence-corrected chi connectivity index (χ3v) is 3.98. The van der Waals surface area contributed by atoms with Gasteiger partial charge in [0.15, 0.2) is 0 Å². The first kappa shape index (κ1) is 13.2. The number of hydrogen-bond donors (Lipinski definition) is 0. The second-order valence-electron chi connectivity index (χ2n) is 5.32. The Kier molecular flexibility index (Phi) is 4.04. The van der Waals surface area contributed by atoms with Gasteiger partial charge in [-0.3, -0.25) is 0 Å². The SMILES string of the molecule is O=C(N1C[CH]CCC1)N1CCN(c2ccccn2)CC1. The van der Waals surface area contributed by atoms with Crippen molar-refractivity contribution in [3.05, 3.63) is 30.8 Å². The highest BCUT2D eigenvalue weighted by Gasteiger charge is 2.26. The molecule has 107 valence electrons. The van der Waals surface area contributed by atoms with Crippen LogP contribution in [0, 0.1) is 6.42 Å². The summed E-state index contributed by atoms with van der Waals surface area (Å²) >= 11 is 0. The topological polar surface area (TPSA) is 39.7 Å². The summed E-state index contributed by atoms with van der Waals surface area (Å²) in [5, 5.41) is 0. The molecule has 20 heavy (non-hydrogen) atoms. The van der Waals surface area contributed by atoms with E-state index in [1.807, 2.05) is 34.2 Å². The monoisotopic (exact) mass is 273 g/mol. The number of urea groups is 1. The van der Waals surface area contributed by atoms with Crippen molar-refractivity contribution in [3.63, 3.8) is 0 Å². The fraction of sp³-hybridized carbons (Fsp3) is 0.533. The molecule has 0 unspecified atom stereocenters. The molecule has 1 aromatic rings. The third-order valence-electron chi connectivity index (χ3n) is 3.98. The highest BCUT2D eigenvalue weighted by atomic mass is 16.2. The predicted molar refractivity (Wildman–Crippen MR) is 78.5 cm³/mol. The van der Waals surface area contributed by atoms with E-state index in [2.05, 4.69) is 16.3 Å². The Balaban J connectivity index is 1.54. The lowest BCUT2D eigenvalue weighted by Crippen LogP contribution is -2.53. The Morgan fingerprint density at radius 3 is 2.55 bits per heavy atom. The van der Waals surface area contributed by atoms with Crippen LogP contribution < -0.4 is 4.90 Å². The molecule has 0 spiro atoms. The van der Waals surface area contributed by atoms with E-state index in [0.717, 1.165) is 57.9 Å². The largest absolute Gasteiger partial charge is 0.353 e. The molecule has 0 bridgehead atoms. The molecule has 0 aliphatic carbocycles. The van der Waals surface area contributed by atoms with Crippen molar-refractivity contribution in [2.75, 3.05) is 44.2 Å². The molecule has 2 aliphatic heterocycles. The number of likely N-dealkylation sites (tertiary alicyclic amines) is 1. The highest BCUT2D eigenvalue weighted by molar-refractivity contribution is 5.75. The molecule has 2 fully saturated rings. The molecule has 1 aromatic heterocycles. The van der Waals surface area contributed by atoms with Crippen molar-refractivity contribution in [2.45, 2.75) is 12.8 Å². The fourth-order valence-corrected chi connectivity index (χ4v) is 2.81. The molecular formula is C15H21N4O. The van der Waals surface area contributed by atoms with Gasteiger partial charge in [-0.1, -0.05) is 6.07 Å². The van der Waals surface area contributed by atoms with Crippen LogP contribution in [-0.4, -0.2) is 60.1 Å². The normalized spacial score (nSPS) is 20.1. The van der Waals surface area contributed by atoms with Gasteiger partial charge in [-0.2, -0.15) is 0 Å². The Morgan fingerprint density at radius 1 is 1.05 bits per heavy atom. The quantitative estimate of drug-likeness (QED) is 0.780. The van der Waals surface area contributed by atoms with Crippen LogP contribution in [0.15, 0.2) is 24.4 Å². The summed E-state index contributed by atoms with van der Waals surface area (Å²) < 4.78 is 0. The number of nitrogens with zero attached hydrogens (tertiary/aromatic N) is 4. The van der Waals surface area contributed by atoms with E-state index in [1.54, 1.807) is 0 Å². The van der Waals surface area contributed by atoms with Gasteiger partial charge >= 0.3 is 6.03 Å². The third kappa shape index (κ3) is 2.86. The van der Waals surface area contributed by atoms with Crippen LogP contribution in [0.1, 0.15) is 12.8 Å². The van der Waals surface area contributed by atoms with Crippen LogP contribution in [0.3, 0.4) is 0 Å². The van der Waals surface area contributed by atoms with Gasteiger partial charge < -0.3 is 14.7 Å². The number of hydrogen-bond acceptors (Lipinski definition) is 3. The number of rotatable bonds is 1. The maximum atomic E-state index is 12.4. The Hall–Kier alpha value is -1.78. The number of carbonyl (C=O) groups excluding carboxylic acids is 1. The van der Waals surface area contributed by atoms with Crippen LogP contribution in [-0.2, 0) is 0 Å². The average Bonchev–Trinajstić information content (AvgIpc) is 2.56. The van der Waals surface area contributed by atoms with Crippen LogP contribution in [0.2, 0.25) is 0 Å². The molecule has 5 nitrogen and oxygen atoms in total. The zero-order chi connectivity index (χ0) is 13.8. The smallest absolute Gasteiger partial charge is 0.320 e. The number of carbonyl (C=O) groups is 1. The van der Waals surface area contributed by atoms with Crippen LogP contribution in [0.4, 0.5) is 10.6 Å². The van der Waals surface area contributed by atoms with Crippen molar-refractivity contribution in [3.8, 4) is 0 Å². The van der Waals surface area contributed by atoms with Gasteiger partial charge in [-0.25, -0.2) is 9.78 Å². The standard InChI is InChI=1S/C15H21N4O/c20-15(18-8-4-1-5-9-18)19-12-10-17(11-13-19)14-6-2-3-7-16-14/h2-4,6-7H,1,5,8-13H2. The van der Waals surface area contributed by atoms with E-state index in [1.165, 1.54) is 0 Å². The Morgan fingerprint density at radius 2 is 1.90 bits per heavy atom. The average molecular weight is 273 g/mol. The van der Waals surface area contributed by atoms with Gasteiger partial charge in [0.05, 0.1) is 0 Å². The number of aromatic nitrogens is 1. The van der Waals surface area contributed by atoms with E-state index in [4.69, 9.17) is 0 Å². The van der Waals surface area contributed by atoms with Crippen LogP contribution in [0.25, 0.3) is 0 Å². The molecule has 3 rings (SSSR count). The van der Waals surface area contributed by atoms with Gasteiger partial charge in [0.1, 0.15) is 5.82 Å². The second kappa shape index (κ2) is 6.11. The summed E-state index contributed by atoms with van der Waals surface area (Å²) in [4.78, 5) is 22.9. The number of pyridine rings is 1. The first-order valence-electron chi connectivity index (χ1n) is 7.36. The van der Waals surface area contributed by atoms with Crippen molar-refractivity contribution in [2.24, 2.45) is 0 Å². The molecule has 0 saturated carbocycles. The molecular weight excluding hydrogens is 252 g/mol. The van der Waals surface area contributed by atoms with E-state index in [9.17, 15) is 4.79 Å². The minimum Gasteiger partial charge on any atom is -0.353 e. The maximum absolute atomic E-state index is 12.4. The summed E-state index contributed by atoms with van der Waals surface area (Å²) in [6.45, 7) is 4.99. The van der Waals surface area contributed by atoms with Gasteiger partial charge in [-0.15, -0.1) is 0 Å². The lowest BCUT2D eigenvalue weighted by molar-refractivity contribution is 0.148. The molecule has 2 aliphatic rings. The summed E-state index contributed by atoms with van der Waals surface area (Å²) in [5.74, 6) is 1.01. The molecule has 0 atom stereocenters. The summed E-state index contributed by atoms with van der Waals surface area (Å²) in [7, 11) is 0. The summed E-state index contributed by atoms with van der Waals surface area (Å²) in [6.07, 6.45) is 6.25. The van der Waals surface area contributed by atoms with Gasteiger partial charge in [-0.05, 0) is 31.4 Å². The highest BCUT2D eigenvalue weighted by Crippen LogP contribution is 2.15. The fourth-order valence-electron chi connectivity index (χ4n) is 2.81.